The van der Waals surface area contributed by atoms with Gasteiger partial charge in [-0.1, -0.05) is 12.1 Å². The molecular weight excluding hydrogens is 367 g/mol. The molecule has 1 aliphatic carbocycles. The maximum atomic E-state index is 10.6. The molecule has 0 aromatic heterocycles. The van der Waals surface area contributed by atoms with Crippen molar-refractivity contribution in [3.8, 4) is 5.75 Å². The van der Waals surface area contributed by atoms with Crippen molar-refractivity contribution in [3.05, 3.63) is 29.8 Å². The molecule has 152 valence electrons. The molecule has 0 radical (unpaired) electrons. The summed E-state index contributed by atoms with van der Waals surface area (Å²) >= 11 is 0. The van der Waals surface area contributed by atoms with Crippen molar-refractivity contribution >= 4 is 5.97 Å². The van der Waals surface area contributed by atoms with Crippen molar-refractivity contribution in [1.29, 1.82) is 0 Å². The maximum absolute atomic E-state index is 10.6. The third kappa shape index (κ3) is 5.82. The number of methoxy groups -OCH3 is 2. The van der Waals surface area contributed by atoms with E-state index < -0.39 is 12.1 Å². The van der Waals surface area contributed by atoms with Gasteiger partial charge in [-0.15, -0.1) is 0 Å². The van der Waals surface area contributed by atoms with E-state index in [-0.39, 0.29) is 12.2 Å². The van der Waals surface area contributed by atoms with Gasteiger partial charge in [-0.25, -0.2) is 4.79 Å². The number of benzene rings is 1. The standard InChI is InChI=1S/C16H23NO3.C2HF3O2/c1-18-13-5-3-12(4-6-13)11-17-9-10-20-15-8-7-14(17)16(15)19-2;3-2(4,5)1(6)7/h3-6,14-16H,7-11H2,1-2H3;(H,6,7). The van der Waals surface area contributed by atoms with Crippen LogP contribution < -0.4 is 4.74 Å². The smallest absolute Gasteiger partial charge is 0.490 e. The Bertz CT molecular complexity index is 608. The zero-order chi connectivity index (χ0) is 20.0. The number of ether oxygens (including phenoxy) is 3. The third-order valence-corrected chi connectivity index (χ3v) is 4.73. The van der Waals surface area contributed by atoms with Gasteiger partial charge in [-0.05, 0) is 30.5 Å². The normalized spacial score (nSPS) is 25.3. The van der Waals surface area contributed by atoms with Crippen LogP contribution in [-0.4, -0.2) is 67.8 Å². The van der Waals surface area contributed by atoms with Gasteiger partial charge in [-0.2, -0.15) is 13.2 Å². The summed E-state index contributed by atoms with van der Waals surface area (Å²) in [6.07, 6.45) is -2.30. The molecular formula is C18H24F3NO5. The third-order valence-electron chi connectivity index (χ3n) is 4.73. The van der Waals surface area contributed by atoms with E-state index in [1.165, 1.54) is 12.0 Å². The predicted molar refractivity (Wildman–Crippen MR) is 90.7 cm³/mol. The molecule has 0 spiro atoms. The number of aliphatic carboxylic acids is 1. The molecule has 3 unspecified atom stereocenters. The van der Waals surface area contributed by atoms with E-state index in [1.807, 2.05) is 12.1 Å². The predicted octanol–water partition coefficient (Wildman–Crippen LogP) is 2.71. The molecule has 1 aromatic rings. The van der Waals surface area contributed by atoms with Crippen LogP contribution in [0, 0.1) is 0 Å². The van der Waals surface area contributed by atoms with Crippen molar-refractivity contribution in [2.24, 2.45) is 0 Å². The first-order valence-electron chi connectivity index (χ1n) is 8.57. The minimum Gasteiger partial charge on any atom is -0.497 e. The lowest BCUT2D eigenvalue weighted by Crippen LogP contribution is -2.42. The maximum Gasteiger partial charge on any atom is 0.490 e. The van der Waals surface area contributed by atoms with Gasteiger partial charge in [0.05, 0.1) is 25.9 Å². The van der Waals surface area contributed by atoms with E-state index in [9.17, 15) is 13.2 Å². The molecule has 1 aromatic carbocycles. The van der Waals surface area contributed by atoms with Gasteiger partial charge in [0.2, 0.25) is 0 Å². The van der Waals surface area contributed by atoms with Crippen LogP contribution in [0.15, 0.2) is 24.3 Å². The van der Waals surface area contributed by atoms with Crippen LogP contribution in [0.2, 0.25) is 0 Å². The lowest BCUT2D eigenvalue weighted by atomic mass is 10.1. The summed E-state index contributed by atoms with van der Waals surface area (Å²) in [5.41, 5.74) is 1.31. The first kappa shape index (κ1) is 21.5. The number of alkyl halides is 3. The molecule has 1 saturated carbocycles. The molecule has 1 saturated heterocycles. The quantitative estimate of drug-likeness (QED) is 0.851. The number of halogens is 3. The second kappa shape index (κ2) is 9.38. The topological polar surface area (TPSA) is 68.2 Å². The lowest BCUT2D eigenvalue weighted by Gasteiger charge is -2.30. The van der Waals surface area contributed by atoms with Crippen molar-refractivity contribution in [2.75, 3.05) is 27.4 Å². The van der Waals surface area contributed by atoms with Gasteiger partial charge < -0.3 is 19.3 Å². The Kier molecular flexibility index (Phi) is 7.46. The molecule has 3 atom stereocenters. The Hall–Kier alpha value is -1.84. The Labute approximate surface area is 155 Å². The average Bonchev–Trinajstić information content (AvgIpc) is 2.95. The summed E-state index contributed by atoms with van der Waals surface area (Å²) in [5, 5.41) is 7.12. The fraction of sp³-hybridized carbons (Fsp3) is 0.611. The van der Waals surface area contributed by atoms with Crippen molar-refractivity contribution < 1.29 is 37.3 Å². The molecule has 1 heterocycles. The molecule has 1 N–H and O–H groups in total. The second-order valence-electron chi connectivity index (χ2n) is 6.38. The van der Waals surface area contributed by atoms with Gasteiger partial charge in [0.25, 0.3) is 0 Å². The van der Waals surface area contributed by atoms with E-state index in [1.54, 1.807) is 14.2 Å². The first-order valence-corrected chi connectivity index (χ1v) is 8.57. The zero-order valence-electron chi connectivity index (χ0n) is 15.2. The number of carbonyl (C=O) groups is 1. The van der Waals surface area contributed by atoms with Crippen molar-refractivity contribution in [3.63, 3.8) is 0 Å². The van der Waals surface area contributed by atoms with Gasteiger partial charge in [0.1, 0.15) is 5.75 Å². The van der Waals surface area contributed by atoms with Crippen LogP contribution >= 0.6 is 0 Å². The largest absolute Gasteiger partial charge is 0.497 e. The molecule has 0 amide bonds. The van der Waals surface area contributed by atoms with Crippen LogP contribution in [0.25, 0.3) is 0 Å². The monoisotopic (exact) mass is 391 g/mol. The Morgan fingerprint density at radius 1 is 1.26 bits per heavy atom. The minimum absolute atomic E-state index is 0.218. The van der Waals surface area contributed by atoms with E-state index in [4.69, 9.17) is 24.1 Å². The molecule has 2 fully saturated rings. The number of hydrogen-bond acceptors (Lipinski definition) is 5. The molecule has 1 aliphatic heterocycles. The van der Waals surface area contributed by atoms with Crippen LogP contribution in [0.5, 0.6) is 5.75 Å². The molecule has 3 rings (SSSR count). The fourth-order valence-electron chi connectivity index (χ4n) is 3.44. The van der Waals surface area contributed by atoms with Crippen molar-refractivity contribution in [1.82, 2.24) is 4.90 Å². The van der Waals surface area contributed by atoms with Crippen LogP contribution in [0.3, 0.4) is 0 Å². The second-order valence-corrected chi connectivity index (χ2v) is 6.38. The van der Waals surface area contributed by atoms with E-state index in [0.717, 1.165) is 31.9 Å². The van der Waals surface area contributed by atoms with Gasteiger partial charge in [-0.3, -0.25) is 4.90 Å². The summed E-state index contributed by atoms with van der Waals surface area (Å²) in [6.45, 7) is 2.73. The highest BCUT2D eigenvalue weighted by Crippen LogP contribution is 2.32. The number of nitrogens with zero attached hydrogens (tertiary/aromatic N) is 1. The number of hydrogen-bond donors (Lipinski definition) is 1. The van der Waals surface area contributed by atoms with Crippen LogP contribution in [0.1, 0.15) is 18.4 Å². The fourth-order valence-corrected chi connectivity index (χ4v) is 3.44. The first-order chi connectivity index (χ1) is 12.8. The Balaban J connectivity index is 0.000000321. The van der Waals surface area contributed by atoms with E-state index in [2.05, 4.69) is 17.0 Å². The van der Waals surface area contributed by atoms with Crippen LogP contribution in [0.4, 0.5) is 13.2 Å². The highest BCUT2D eigenvalue weighted by Gasteiger charge is 2.42. The molecule has 2 bridgehead atoms. The number of carboxylic acids is 1. The SMILES string of the molecule is COc1ccc(CN2CCOC3CCC2C3OC)cc1.O=C(O)C(F)(F)F. The minimum atomic E-state index is -5.08. The van der Waals surface area contributed by atoms with Gasteiger partial charge in [0.15, 0.2) is 0 Å². The average molecular weight is 391 g/mol. The summed E-state index contributed by atoms with van der Waals surface area (Å²) in [5.74, 6) is -1.85. The zero-order valence-corrected chi connectivity index (χ0v) is 15.2. The van der Waals surface area contributed by atoms with Crippen LogP contribution in [-0.2, 0) is 20.8 Å². The highest BCUT2D eigenvalue weighted by atomic mass is 19.4. The molecule has 2 aliphatic rings. The van der Waals surface area contributed by atoms with Gasteiger partial charge >= 0.3 is 12.1 Å². The number of carboxylic acid groups (broad SMARTS) is 1. The Morgan fingerprint density at radius 2 is 1.89 bits per heavy atom. The number of fused-ring (bicyclic) bond motifs is 2. The lowest BCUT2D eigenvalue weighted by molar-refractivity contribution is -0.192. The van der Waals surface area contributed by atoms with Crippen molar-refractivity contribution in [2.45, 2.75) is 43.8 Å². The molecule has 9 heteroatoms. The summed E-state index contributed by atoms with van der Waals surface area (Å²) in [4.78, 5) is 11.4. The molecule has 27 heavy (non-hydrogen) atoms. The van der Waals surface area contributed by atoms with E-state index >= 15 is 0 Å². The highest BCUT2D eigenvalue weighted by molar-refractivity contribution is 5.73. The summed E-state index contributed by atoms with van der Waals surface area (Å²) < 4.78 is 48.5. The summed E-state index contributed by atoms with van der Waals surface area (Å²) in [7, 11) is 3.50. The van der Waals surface area contributed by atoms with Gasteiger partial charge in [0, 0.05) is 26.2 Å². The van der Waals surface area contributed by atoms with E-state index in [0.29, 0.717) is 6.04 Å². The Morgan fingerprint density at radius 3 is 2.41 bits per heavy atom. The number of rotatable bonds is 4. The molecule has 6 nitrogen and oxygen atoms in total. The summed E-state index contributed by atoms with van der Waals surface area (Å²) in [6, 6.07) is 8.80.